The van der Waals surface area contributed by atoms with Crippen molar-refractivity contribution >= 4 is 6.03 Å². The molecule has 1 saturated heterocycles. The average Bonchev–Trinajstić information content (AvgIpc) is 2.58. The third kappa shape index (κ3) is 6.13. The highest BCUT2D eigenvalue weighted by atomic mass is 16.5. The van der Waals surface area contributed by atoms with Crippen molar-refractivity contribution in [2.45, 2.75) is 38.8 Å². The number of piperidine rings is 1. The molecule has 0 aromatic heterocycles. The van der Waals surface area contributed by atoms with E-state index in [1.165, 1.54) is 0 Å². The van der Waals surface area contributed by atoms with Crippen molar-refractivity contribution in [1.29, 1.82) is 0 Å². The lowest BCUT2D eigenvalue weighted by Gasteiger charge is -2.33. The van der Waals surface area contributed by atoms with Gasteiger partial charge in [-0.2, -0.15) is 0 Å². The highest BCUT2D eigenvalue weighted by Crippen LogP contribution is 2.15. The molecular weight excluding hydrogens is 302 g/mol. The fraction of sp³-hybridized carbons (Fsp3) is 0.632. The van der Waals surface area contributed by atoms with Gasteiger partial charge < -0.3 is 20.3 Å². The van der Waals surface area contributed by atoms with Crippen LogP contribution in [-0.4, -0.2) is 50.3 Å². The predicted octanol–water partition coefficient (Wildman–Crippen LogP) is 2.79. The summed E-state index contributed by atoms with van der Waals surface area (Å²) in [4.78, 5) is 14.6. The van der Waals surface area contributed by atoms with Crippen molar-refractivity contribution in [3.63, 3.8) is 0 Å². The molecule has 1 fully saturated rings. The first kappa shape index (κ1) is 18.7. The van der Waals surface area contributed by atoms with Gasteiger partial charge in [-0.1, -0.05) is 44.2 Å². The lowest BCUT2D eigenvalue weighted by molar-refractivity contribution is 0.103. The van der Waals surface area contributed by atoms with Gasteiger partial charge in [0, 0.05) is 39.3 Å². The van der Waals surface area contributed by atoms with Crippen LogP contribution in [0.15, 0.2) is 30.3 Å². The zero-order chi connectivity index (χ0) is 17.4. The quantitative estimate of drug-likeness (QED) is 0.807. The fourth-order valence-electron chi connectivity index (χ4n) is 3.20. The molecule has 2 rings (SSSR count). The number of rotatable bonds is 7. The molecule has 5 heteroatoms. The predicted molar refractivity (Wildman–Crippen MR) is 97.0 cm³/mol. The third-order valence-electron chi connectivity index (χ3n) is 4.45. The van der Waals surface area contributed by atoms with E-state index in [1.54, 1.807) is 7.11 Å². The SMILES string of the molecule is COC(CNC(=O)NC1CCN(CC(C)C)CC1)c1ccccc1. The lowest BCUT2D eigenvalue weighted by Crippen LogP contribution is -2.49. The highest BCUT2D eigenvalue weighted by molar-refractivity contribution is 5.74. The zero-order valence-electron chi connectivity index (χ0n) is 15.1. The number of nitrogens with zero attached hydrogens (tertiary/aromatic N) is 1. The maximum atomic E-state index is 12.1. The molecule has 1 aromatic rings. The van der Waals surface area contributed by atoms with Crippen molar-refractivity contribution in [3.05, 3.63) is 35.9 Å². The van der Waals surface area contributed by atoms with E-state index in [4.69, 9.17) is 4.74 Å². The van der Waals surface area contributed by atoms with Gasteiger partial charge >= 0.3 is 6.03 Å². The molecule has 0 saturated carbocycles. The Morgan fingerprint density at radius 3 is 2.50 bits per heavy atom. The smallest absolute Gasteiger partial charge is 0.315 e. The number of urea groups is 1. The van der Waals surface area contributed by atoms with Crippen LogP contribution in [0.1, 0.15) is 38.4 Å². The van der Waals surface area contributed by atoms with E-state index < -0.39 is 0 Å². The topological polar surface area (TPSA) is 53.6 Å². The Morgan fingerprint density at radius 1 is 1.25 bits per heavy atom. The molecule has 0 bridgehead atoms. The number of benzene rings is 1. The maximum absolute atomic E-state index is 12.1. The summed E-state index contributed by atoms with van der Waals surface area (Å²) in [6.07, 6.45) is 1.92. The van der Waals surface area contributed by atoms with Crippen LogP contribution < -0.4 is 10.6 Å². The summed E-state index contributed by atoms with van der Waals surface area (Å²) >= 11 is 0. The molecule has 1 aliphatic rings. The minimum Gasteiger partial charge on any atom is -0.375 e. The molecule has 134 valence electrons. The second-order valence-corrected chi connectivity index (χ2v) is 6.96. The van der Waals surface area contributed by atoms with Gasteiger partial charge in [-0.25, -0.2) is 4.79 Å². The average molecular weight is 333 g/mol. The molecule has 0 aliphatic carbocycles. The molecule has 1 aliphatic heterocycles. The third-order valence-corrected chi connectivity index (χ3v) is 4.45. The Morgan fingerprint density at radius 2 is 1.92 bits per heavy atom. The van der Waals surface area contributed by atoms with Crippen molar-refractivity contribution < 1.29 is 9.53 Å². The lowest BCUT2D eigenvalue weighted by atomic mass is 10.0. The molecule has 1 aromatic carbocycles. The first-order chi connectivity index (χ1) is 11.6. The van der Waals surface area contributed by atoms with Gasteiger partial charge in [0.25, 0.3) is 0 Å². The number of carbonyl (C=O) groups is 1. The number of carbonyl (C=O) groups excluding carboxylic acids is 1. The second kappa shape index (κ2) is 9.64. The van der Waals surface area contributed by atoms with E-state index in [9.17, 15) is 4.79 Å². The van der Waals surface area contributed by atoms with Crippen molar-refractivity contribution in [1.82, 2.24) is 15.5 Å². The van der Waals surface area contributed by atoms with Gasteiger partial charge in [-0.3, -0.25) is 0 Å². The van der Waals surface area contributed by atoms with E-state index in [0.29, 0.717) is 12.5 Å². The van der Waals surface area contributed by atoms with Crippen LogP contribution in [0.3, 0.4) is 0 Å². The monoisotopic (exact) mass is 333 g/mol. The molecule has 0 radical (unpaired) electrons. The van der Waals surface area contributed by atoms with Gasteiger partial charge in [0.15, 0.2) is 0 Å². The molecule has 1 heterocycles. The van der Waals surface area contributed by atoms with Gasteiger partial charge in [0.1, 0.15) is 0 Å². The number of nitrogens with one attached hydrogen (secondary N) is 2. The molecule has 5 nitrogen and oxygen atoms in total. The van der Waals surface area contributed by atoms with Crippen LogP contribution in [0.2, 0.25) is 0 Å². The number of ether oxygens (including phenoxy) is 1. The van der Waals surface area contributed by atoms with Gasteiger partial charge in [0.05, 0.1) is 6.10 Å². The normalized spacial score (nSPS) is 17.7. The second-order valence-electron chi connectivity index (χ2n) is 6.96. The number of methoxy groups -OCH3 is 1. The van der Waals surface area contributed by atoms with Crippen LogP contribution in [0.25, 0.3) is 0 Å². The minimum atomic E-state index is -0.121. The molecule has 24 heavy (non-hydrogen) atoms. The molecule has 0 spiro atoms. The van der Waals surface area contributed by atoms with Gasteiger partial charge in [-0.05, 0) is 24.3 Å². The first-order valence-corrected chi connectivity index (χ1v) is 8.93. The summed E-state index contributed by atoms with van der Waals surface area (Å²) < 4.78 is 5.48. The van der Waals surface area contributed by atoms with Crippen molar-refractivity contribution in [3.8, 4) is 0 Å². The van der Waals surface area contributed by atoms with Crippen LogP contribution in [-0.2, 0) is 4.74 Å². The summed E-state index contributed by atoms with van der Waals surface area (Å²) in [5, 5.41) is 6.03. The zero-order valence-corrected chi connectivity index (χ0v) is 15.1. The van der Waals surface area contributed by atoms with Crippen LogP contribution in [0, 0.1) is 5.92 Å². The summed E-state index contributed by atoms with van der Waals surface area (Å²) in [6.45, 7) is 8.24. The summed E-state index contributed by atoms with van der Waals surface area (Å²) in [5.74, 6) is 0.696. The number of amides is 2. The van der Waals surface area contributed by atoms with Crippen LogP contribution >= 0.6 is 0 Å². The van der Waals surface area contributed by atoms with E-state index in [0.717, 1.165) is 38.0 Å². The van der Waals surface area contributed by atoms with Gasteiger partial charge in [-0.15, -0.1) is 0 Å². The highest BCUT2D eigenvalue weighted by Gasteiger charge is 2.21. The molecule has 1 atom stereocenters. The number of likely N-dealkylation sites (tertiary alicyclic amines) is 1. The Kier molecular flexibility index (Phi) is 7.53. The van der Waals surface area contributed by atoms with E-state index >= 15 is 0 Å². The van der Waals surface area contributed by atoms with E-state index in [-0.39, 0.29) is 18.2 Å². The summed E-state index contributed by atoms with van der Waals surface area (Å²) in [6, 6.07) is 10.1. The largest absolute Gasteiger partial charge is 0.375 e. The standard InChI is InChI=1S/C19H31N3O2/c1-15(2)14-22-11-9-17(10-12-22)21-19(23)20-13-18(24-3)16-7-5-4-6-8-16/h4-8,15,17-18H,9-14H2,1-3H3,(H2,20,21,23). The Hall–Kier alpha value is -1.59. The summed E-state index contributed by atoms with van der Waals surface area (Å²) in [7, 11) is 1.67. The number of hydrogen-bond donors (Lipinski definition) is 2. The molecule has 2 N–H and O–H groups in total. The maximum Gasteiger partial charge on any atom is 0.315 e. The summed E-state index contributed by atoms with van der Waals surface area (Å²) in [5.41, 5.74) is 1.07. The fourth-order valence-corrected chi connectivity index (χ4v) is 3.20. The minimum absolute atomic E-state index is 0.102. The molecular formula is C19H31N3O2. The number of hydrogen-bond acceptors (Lipinski definition) is 3. The Bertz CT molecular complexity index is 485. The Balaban J connectivity index is 1.70. The Labute approximate surface area is 145 Å². The van der Waals surface area contributed by atoms with Crippen molar-refractivity contribution in [2.75, 3.05) is 33.3 Å². The molecule has 1 unspecified atom stereocenters. The van der Waals surface area contributed by atoms with E-state index in [1.807, 2.05) is 30.3 Å². The van der Waals surface area contributed by atoms with Crippen molar-refractivity contribution in [2.24, 2.45) is 5.92 Å². The van der Waals surface area contributed by atoms with E-state index in [2.05, 4.69) is 29.4 Å². The molecule has 2 amide bonds. The van der Waals surface area contributed by atoms with Crippen LogP contribution in [0.5, 0.6) is 0 Å². The van der Waals surface area contributed by atoms with Crippen LogP contribution in [0.4, 0.5) is 4.79 Å². The van der Waals surface area contributed by atoms with Gasteiger partial charge in [0.2, 0.25) is 0 Å². The first-order valence-electron chi connectivity index (χ1n) is 8.93.